The van der Waals surface area contributed by atoms with E-state index in [0.29, 0.717) is 6.04 Å². The molecule has 1 saturated carbocycles. The van der Waals surface area contributed by atoms with Crippen molar-refractivity contribution in [3.8, 4) is 6.07 Å². The predicted octanol–water partition coefficient (Wildman–Crippen LogP) is 1.83. The molecule has 0 radical (unpaired) electrons. The number of piperazine rings is 1. The fourth-order valence-corrected chi connectivity index (χ4v) is 2.98. The fourth-order valence-electron chi connectivity index (χ4n) is 2.98. The molecule has 0 aromatic heterocycles. The summed E-state index contributed by atoms with van der Waals surface area (Å²) >= 11 is 0. The van der Waals surface area contributed by atoms with Crippen LogP contribution in [-0.4, -0.2) is 60.6 Å². The summed E-state index contributed by atoms with van der Waals surface area (Å²) < 4.78 is 0. The van der Waals surface area contributed by atoms with Gasteiger partial charge >= 0.3 is 0 Å². The fraction of sp³-hybridized carbons (Fsp3) is 0.938. The van der Waals surface area contributed by atoms with Crippen LogP contribution in [0.1, 0.15) is 46.0 Å². The molecule has 1 atom stereocenters. The first-order valence-corrected chi connectivity index (χ1v) is 8.29. The van der Waals surface area contributed by atoms with E-state index >= 15 is 0 Å². The van der Waals surface area contributed by atoms with Crippen molar-refractivity contribution in [2.24, 2.45) is 0 Å². The van der Waals surface area contributed by atoms with E-state index < -0.39 is 0 Å². The number of rotatable bonds is 8. The molecule has 1 heterocycles. The minimum absolute atomic E-state index is 0.303. The van der Waals surface area contributed by atoms with Crippen molar-refractivity contribution in [1.82, 2.24) is 15.1 Å². The van der Waals surface area contributed by atoms with Gasteiger partial charge in [-0.05, 0) is 52.1 Å². The maximum absolute atomic E-state index is 9.34. The largest absolute Gasteiger partial charge is 0.301 e. The molecule has 1 saturated heterocycles. The summed E-state index contributed by atoms with van der Waals surface area (Å²) in [7, 11) is 0. The molecule has 1 N–H and O–H groups in total. The molecule has 1 unspecified atom stereocenters. The summed E-state index contributed by atoms with van der Waals surface area (Å²) in [5.74, 6) is 0. The third kappa shape index (κ3) is 5.05. The molecular weight excluding hydrogens is 248 g/mol. The van der Waals surface area contributed by atoms with Crippen LogP contribution in [0.25, 0.3) is 0 Å². The average molecular weight is 278 g/mol. The van der Waals surface area contributed by atoms with E-state index in [0.717, 1.165) is 12.8 Å². The zero-order valence-corrected chi connectivity index (χ0v) is 13.2. The SMILES string of the molecule is CCN1CCN(CCCCC(C)(C#N)NC2CC2)CC1. The Morgan fingerprint density at radius 2 is 1.80 bits per heavy atom. The summed E-state index contributed by atoms with van der Waals surface area (Å²) in [5.41, 5.74) is -0.303. The zero-order chi connectivity index (χ0) is 14.4. The van der Waals surface area contributed by atoms with E-state index in [2.05, 4.69) is 35.0 Å². The number of nitrogens with zero attached hydrogens (tertiary/aromatic N) is 3. The van der Waals surface area contributed by atoms with Crippen molar-refractivity contribution in [2.75, 3.05) is 39.3 Å². The van der Waals surface area contributed by atoms with Gasteiger partial charge in [0.1, 0.15) is 5.54 Å². The van der Waals surface area contributed by atoms with Crippen LogP contribution in [0.4, 0.5) is 0 Å². The van der Waals surface area contributed by atoms with Crippen LogP contribution in [-0.2, 0) is 0 Å². The Labute approximate surface area is 124 Å². The Morgan fingerprint density at radius 1 is 1.15 bits per heavy atom. The molecule has 0 amide bonds. The van der Waals surface area contributed by atoms with Crippen LogP contribution in [0.2, 0.25) is 0 Å². The number of likely N-dealkylation sites (N-methyl/N-ethyl adjacent to an activating group) is 1. The van der Waals surface area contributed by atoms with Crippen molar-refractivity contribution in [1.29, 1.82) is 5.26 Å². The van der Waals surface area contributed by atoms with Gasteiger partial charge in [-0.15, -0.1) is 0 Å². The Hall–Kier alpha value is -0.630. The Morgan fingerprint density at radius 3 is 2.35 bits per heavy atom. The minimum atomic E-state index is -0.303. The lowest BCUT2D eigenvalue weighted by Crippen LogP contribution is -2.46. The van der Waals surface area contributed by atoms with Crippen LogP contribution >= 0.6 is 0 Å². The summed E-state index contributed by atoms with van der Waals surface area (Å²) in [6.07, 6.45) is 5.85. The first kappa shape index (κ1) is 15.8. The molecule has 1 aliphatic carbocycles. The van der Waals surface area contributed by atoms with E-state index in [1.165, 1.54) is 58.5 Å². The molecule has 4 heteroatoms. The van der Waals surface area contributed by atoms with Crippen LogP contribution in [0.5, 0.6) is 0 Å². The number of hydrogen-bond acceptors (Lipinski definition) is 4. The summed E-state index contributed by atoms with van der Waals surface area (Å²) in [6.45, 7) is 11.5. The van der Waals surface area contributed by atoms with E-state index in [9.17, 15) is 5.26 Å². The van der Waals surface area contributed by atoms with Gasteiger partial charge in [0.25, 0.3) is 0 Å². The maximum Gasteiger partial charge on any atom is 0.104 e. The van der Waals surface area contributed by atoms with E-state index in [4.69, 9.17) is 0 Å². The monoisotopic (exact) mass is 278 g/mol. The minimum Gasteiger partial charge on any atom is -0.301 e. The normalized spacial score (nSPS) is 24.2. The van der Waals surface area contributed by atoms with Crippen molar-refractivity contribution < 1.29 is 0 Å². The molecule has 0 bridgehead atoms. The quantitative estimate of drug-likeness (QED) is 0.688. The van der Waals surface area contributed by atoms with Crippen LogP contribution < -0.4 is 5.32 Å². The van der Waals surface area contributed by atoms with Crippen molar-refractivity contribution >= 4 is 0 Å². The smallest absolute Gasteiger partial charge is 0.104 e. The molecular formula is C16H30N4. The van der Waals surface area contributed by atoms with Gasteiger partial charge in [-0.1, -0.05) is 6.92 Å². The standard InChI is InChI=1S/C16H30N4/c1-3-19-10-12-20(13-11-19)9-5-4-8-16(2,14-17)18-15-6-7-15/h15,18H,3-13H2,1-2H3. The van der Waals surface area contributed by atoms with Gasteiger partial charge < -0.3 is 9.80 Å². The lowest BCUT2D eigenvalue weighted by molar-refractivity contribution is 0.135. The van der Waals surface area contributed by atoms with E-state index in [1.54, 1.807) is 0 Å². The van der Waals surface area contributed by atoms with Gasteiger partial charge in [0.05, 0.1) is 6.07 Å². The van der Waals surface area contributed by atoms with Crippen molar-refractivity contribution in [3.63, 3.8) is 0 Å². The van der Waals surface area contributed by atoms with E-state index in [-0.39, 0.29) is 5.54 Å². The molecule has 114 valence electrons. The first-order valence-electron chi connectivity index (χ1n) is 8.29. The molecule has 2 aliphatic rings. The molecule has 4 nitrogen and oxygen atoms in total. The summed E-state index contributed by atoms with van der Waals surface area (Å²) in [6, 6.07) is 3.08. The van der Waals surface area contributed by atoms with Crippen LogP contribution in [0.15, 0.2) is 0 Å². The average Bonchev–Trinajstić information content (AvgIpc) is 3.28. The maximum atomic E-state index is 9.34. The molecule has 2 rings (SSSR count). The van der Waals surface area contributed by atoms with Gasteiger partial charge in [-0.25, -0.2) is 0 Å². The number of nitrogens with one attached hydrogen (secondary N) is 1. The molecule has 20 heavy (non-hydrogen) atoms. The third-order valence-electron chi connectivity index (χ3n) is 4.66. The summed E-state index contributed by atoms with van der Waals surface area (Å²) in [4.78, 5) is 5.09. The highest BCUT2D eigenvalue weighted by molar-refractivity contribution is 5.06. The van der Waals surface area contributed by atoms with Gasteiger partial charge in [-0.3, -0.25) is 5.32 Å². The first-order chi connectivity index (χ1) is 9.65. The van der Waals surface area contributed by atoms with Crippen molar-refractivity contribution in [2.45, 2.75) is 57.5 Å². The summed E-state index contributed by atoms with van der Waals surface area (Å²) in [5, 5.41) is 12.8. The predicted molar refractivity (Wildman–Crippen MR) is 82.6 cm³/mol. The molecule has 2 fully saturated rings. The van der Waals surface area contributed by atoms with Gasteiger partial charge in [0.15, 0.2) is 0 Å². The molecule has 0 spiro atoms. The Bertz CT molecular complexity index is 326. The lowest BCUT2D eigenvalue weighted by Gasteiger charge is -2.34. The van der Waals surface area contributed by atoms with Gasteiger partial charge in [0, 0.05) is 32.2 Å². The Balaban J connectivity index is 1.57. The second-order valence-corrected chi connectivity index (χ2v) is 6.60. The van der Waals surface area contributed by atoms with Gasteiger partial charge in [-0.2, -0.15) is 5.26 Å². The van der Waals surface area contributed by atoms with Gasteiger partial charge in [0.2, 0.25) is 0 Å². The molecule has 0 aromatic carbocycles. The second kappa shape index (κ2) is 7.40. The third-order valence-corrected chi connectivity index (χ3v) is 4.66. The topological polar surface area (TPSA) is 42.3 Å². The van der Waals surface area contributed by atoms with Crippen molar-refractivity contribution in [3.05, 3.63) is 0 Å². The highest BCUT2D eigenvalue weighted by atomic mass is 15.3. The van der Waals surface area contributed by atoms with Crippen LogP contribution in [0.3, 0.4) is 0 Å². The Kier molecular flexibility index (Phi) is 5.83. The van der Waals surface area contributed by atoms with Crippen LogP contribution in [0, 0.1) is 11.3 Å². The number of hydrogen-bond donors (Lipinski definition) is 1. The highest BCUT2D eigenvalue weighted by Crippen LogP contribution is 2.24. The molecule has 0 aromatic rings. The lowest BCUT2D eigenvalue weighted by atomic mass is 9.96. The number of nitriles is 1. The number of unbranched alkanes of at least 4 members (excludes halogenated alkanes) is 1. The second-order valence-electron chi connectivity index (χ2n) is 6.60. The zero-order valence-electron chi connectivity index (χ0n) is 13.2. The molecule has 1 aliphatic heterocycles. The highest BCUT2D eigenvalue weighted by Gasteiger charge is 2.31. The van der Waals surface area contributed by atoms with E-state index in [1.807, 2.05) is 0 Å².